The van der Waals surface area contributed by atoms with Crippen LogP contribution >= 0.6 is 11.3 Å². The summed E-state index contributed by atoms with van der Waals surface area (Å²) in [4.78, 5) is 16.9. The average Bonchev–Trinajstić information content (AvgIpc) is 3.20. The Morgan fingerprint density at radius 3 is 2.88 bits per heavy atom. The van der Waals surface area contributed by atoms with Crippen molar-refractivity contribution in [2.45, 2.75) is 6.92 Å². The lowest BCUT2D eigenvalue weighted by atomic mass is 10.1. The molecule has 0 spiro atoms. The molecule has 0 bridgehead atoms. The molecule has 0 saturated carbocycles. The van der Waals surface area contributed by atoms with Gasteiger partial charge in [0.15, 0.2) is 5.58 Å². The van der Waals surface area contributed by atoms with Crippen LogP contribution in [0.5, 0.6) is 0 Å². The highest BCUT2D eigenvalue weighted by Gasteiger charge is 2.16. The van der Waals surface area contributed by atoms with E-state index in [0.717, 1.165) is 5.01 Å². The number of amides is 1. The Hall–Kier alpha value is -3.06. The zero-order valence-corrected chi connectivity index (χ0v) is 13.9. The summed E-state index contributed by atoms with van der Waals surface area (Å²) in [6.45, 7) is 1.91. The Labute approximate surface area is 146 Å². The van der Waals surface area contributed by atoms with Gasteiger partial charge < -0.3 is 9.84 Å². The summed E-state index contributed by atoms with van der Waals surface area (Å²) in [5, 5.41) is 10.3. The van der Waals surface area contributed by atoms with Crippen molar-refractivity contribution in [1.29, 1.82) is 0 Å². The number of aromatic nitrogens is 2. The second-order valence-corrected chi connectivity index (χ2v) is 6.52. The summed E-state index contributed by atoms with van der Waals surface area (Å²) < 4.78 is 18.6. The van der Waals surface area contributed by atoms with E-state index in [9.17, 15) is 9.18 Å². The molecule has 2 aromatic heterocycles. The van der Waals surface area contributed by atoms with Crippen molar-refractivity contribution >= 4 is 33.9 Å². The number of halogens is 1. The standard InChI is InChI=1S/C18H12FN3O2S/c1-10-20-15(9-25-10)17-14-7-11(5-6-16(14)24-22-17)18(23)21-13-4-2-3-12(19)8-13/h2-9H,1H3,(H,21,23). The number of hydrogen-bond donors (Lipinski definition) is 1. The Morgan fingerprint density at radius 1 is 1.24 bits per heavy atom. The normalized spacial score (nSPS) is 11.0. The number of carbonyl (C=O) groups is 1. The molecule has 1 N–H and O–H groups in total. The third-order valence-corrected chi connectivity index (χ3v) is 4.45. The molecule has 1 amide bonds. The SMILES string of the molecule is Cc1nc(-c2noc3ccc(C(=O)Nc4cccc(F)c4)cc23)cs1. The first-order chi connectivity index (χ1) is 12.1. The summed E-state index contributed by atoms with van der Waals surface area (Å²) in [7, 11) is 0. The molecule has 5 nitrogen and oxygen atoms in total. The predicted octanol–water partition coefficient (Wildman–Crippen LogP) is 4.65. The fourth-order valence-corrected chi connectivity index (χ4v) is 3.10. The monoisotopic (exact) mass is 353 g/mol. The van der Waals surface area contributed by atoms with Crippen LogP contribution < -0.4 is 5.32 Å². The van der Waals surface area contributed by atoms with Crippen LogP contribution in [-0.2, 0) is 0 Å². The lowest BCUT2D eigenvalue weighted by Gasteiger charge is -2.05. The average molecular weight is 353 g/mol. The topological polar surface area (TPSA) is 68.0 Å². The molecule has 124 valence electrons. The van der Waals surface area contributed by atoms with Gasteiger partial charge in [-0.25, -0.2) is 9.37 Å². The highest BCUT2D eigenvalue weighted by molar-refractivity contribution is 7.09. The van der Waals surface area contributed by atoms with Crippen molar-refractivity contribution < 1.29 is 13.7 Å². The first-order valence-electron chi connectivity index (χ1n) is 7.49. The molecule has 25 heavy (non-hydrogen) atoms. The van der Waals surface area contributed by atoms with Gasteiger partial charge in [0.1, 0.15) is 17.2 Å². The predicted molar refractivity (Wildman–Crippen MR) is 94.2 cm³/mol. The second-order valence-electron chi connectivity index (χ2n) is 5.46. The quantitative estimate of drug-likeness (QED) is 0.582. The van der Waals surface area contributed by atoms with Gasteiger partial charge in [-0.05, 0) is 43.3 Å². The Bertz CT molecular complexity index is 1090. The molecule has 0 aliphatic carbocycles. The number of carbonyl (C=O) groups excluding carboxylic acids is 1. The van der Waals surface area contributed by atoms with E-state index in [1.165, 1.54) is 29.5 Å². The van der Waals surface area contributed by atoms with Crippen molar-refractivity contribution in [2.75, 3.05) is 5.32 Å². The van der Waals surface area contributed by atoms with Gasteiger partial charge in [0.05, 0.1) is 10.4 Å². The van der Waals surface area contributed by atoms with Gasteiger partial charge in [0.25, 0.3) is 5.91 Å². The molecule has 0 radical (unpaired) electrons. The maximum Gasteiger partial charge on any atom is 0.255 e. The zero-order valence-electron chi connectivity index (χ0n) is 13.1. The second kappa shape index (κ2) is 6.10. The first-order valence-corrected chi connectivity index (χ1v) is 8.37. The van der Waals surface area contributed by atoms with Gasteiger partial charge in [0.2, 0.25) is 0 Å². The van der Waals surface area contributed by atoms with Crippen LogP contribution in [0, 0.1) is 12.7 Å². The van der Waals surface area contributed by atoms with E-state index in [-0.39, 0.29) is 5.91 Å². The minimum atomic E-state index is -0.409. The molecule has 4 rings (SSSR count). The van der Waals surface area contributed by atoms with Crippen LogP contribution in [0.1, 0.15) is 15.4 Å². The first kappa shape index (κ1) is 15.5. The molecule has 0 aliphatic heterocycles. The zero-order chi connectivity index (χ0) is 17.4. The molecule has 0 atom stereocenters. The van der Waals surface area contributed by atoms with Crippen LogP contribution in [0.4, 0.5) is 10.1 Å². The molecule has 0 aliphatic rings. The van der Waals surface area contributed by atoms with Gasteiger partial charge in [-0.1, -0.05) is 11.2 Å². The molecule has 0 saturated heterocycles. The Kier molecular flexibility index (Phi) is 3.77. The summed E-state index contributed by atoms with van der Waals surface area (Å²) in [5.41, 5.74) is 2.70. The molecular weight excluding hydrogens is 341 g/mol. The van der Waals surface area contributed by atoms with E-state index in [2.05, 4.69) is 15.5 Å². The van der Waals surface area contributed by atoms with Crippen molar-refractivity contribution in [3.05, 3.63) is 64.2 Å². The molecular formula is C18H12FN3O2S. The third kappa shape index (κ3) is 3.01. The van der Waals surface area contributed by atoms with Gasteiger partial charge >= 0.3 is 0 Å². The summed E-state index contributed by atoms with van der Waals surface area (Å²) >= 11 is 1.52. The van der Waals surface area contributed by atoms with Crippen LogP contribution in [0.2, 0.25) is 0 Å². The highest BCUT2D eigenvalue weighted by Crippen LogP contribution is 2.29. The number of rotatable bonds is 3. The fraction of sp³-hybridized carbons (Fsp3) is 0.0556. The highest BCUT2D eigenvalue weighted by atomic mass is 32.1. The molecule has 0 unspecified atom stereocenters. The number of anilines is 1. The smallest absolute Gasteiger partial charge is 0.255 e. The van der Waals surface area contributed by atoms with Crippen molar-refractivity contribution in [3.63, 3.8) is 0 Å². The lowest BCUT2D eigenvalue weighted by Crippen LogP contribution is -2.11. The van der Waals surface area contributed by atoms with Gasteiger partial charge in [-0.2, -0.15) is 0 Å². The minimum absolute atomic E-state index is 0.339. The summed E-state index contributed by atoms with van der Waals surface area (Å²) in [6.07, 6.45) is 0. The number of nitrogens with zero attached hydrogens (tertiary/aromatic N) is 2. The van der Waals surface area contributed by atoms with Crippen molar-refractivity contribution in [1.82, 2.24) is 10.1 Å². The van der Waals surface area contributed by atoms with Crippen molar-refractivity contribution in [2.24, 2.45) is 0 Å². The van der Waals surface area contributed by atoms with Gasteiger partial charge in [-0.15, -0.1) is 11.3 Å². The van der Waals surface area contributed by atoms with Gasteiger partial charge in [0, 0.05) is 16.6 Å². The summed E-state index contributed by atoms with van der Waals surface area (Å²) in [6, 6.07) is 10.8. The van der Waals surface area contributed by atoms with E-state index in [1.54, 1.807) is 24.3 Å². The Balaban J connectivity index is 1.69. The fourth-order valence-electron chi connectivity index (χ4n) is 2.51. The number of thiazole rings is 1. The molecule has 2 aromatic carbocycles. The molecule has 4 aromatic rings. The number of aryl methyl sites for hydroxylation is 1. The minimum Gasteiger partial charge on any atom is -0.356 e. The molecule has 7 heteroatoms. The number of benzene rings is 2. The maximum atomic E-state index is 13.3. The van der Waals surface area contributed by atoms with E-state index in [4.69, 9.17) is 4.52 Å². The maximum absolute atomic E-state index is 13.3. The van der Waals surface area contributed by atoms with Gasteiger partial charge in [-0.3, -0.25) is 4.79 Å². The van der Waals surface area contributed by atoms with Crippen LogP contribution in [0.25, 0.3) is 22.4 Å². The molecule has 0 fully saturated rings. The van der Waals surface area contributed by atoms with E-state index in [1.807, 2.05) is 12.3 Å². The van der Waals surface area contributed by atoms with E-state index >= 15 is 0 Å². The van der Waals surface area contributed by atoms with Crippen LogP contribution in [0.3, 0.4) is 0 Å². The summed E-state index contributed by atoms with van der Waals surface area (Å²) in [5.74, 6) is -0.748. The third-order valence-electron chi connectivity index (χ3n) is 3.68. The largest absolute Gasteiger partial charge is 0.356 e. The van der Waals surface area contributed by atoms with Crippen LogP contribution in [0.15, 0.2) is 52.4 Å². The number of fused-ring (bicyclic) bond motifs is 1. The van der Waals surface area contributed by atoms with Crippen molar-refractivity contribution in [3.8, 4) is 11.4 Å². The number of nitrogens with one attached hydrogen (secondary N) is 1. The number of hydrogen-bond acceptors (Lipinski definition) is 5. The molecule has 2 heterocycles. The Morgan fingerprint density at radius 2 is 2.12 bits per heavy atom. The van der Waals surface area contributed by atoms with Crippen LogP contribution in [-0.4, -0.2) is 16.0 Å². The van der Waals surface area contributed by atoms with E-state index < -0.39 is 5.82 Å². The van der Waals surface area contributed by atoms with E-state index in [0.29, 0.717) is 33.6 Å². The lowest BCUT2D eigenvalue weighted by molar-refractivity contribution is 0.102.